The number of pyridine rings is 1. The lowest BCUT2D eigenvalue weighted by atomic mass is 10.1. The maximum Gasteiger partial charge on any atom is 0.252 e. The van der Waals surface area contributed by atoms with Crippen molar-refractivity contribution < 1.29 is 8.42 Å². The van der Waals surface area contributed by atoms with Gasteiger partial charge in [-0.15, -0.1) is 0 Å². The van der Waals surface area contributed by atoms with Gasteiger partial charge in [0.15, 0.2) is 0 Å². The van der Waals surface area contributed by atoms with Crippen LogP contribution in [0.15, 0.2) is 58.2 Å². The minimum atomic E-state index is -3.65. The van der Waals surface area contributed by atoms with Gasteiger partial charge in [0.25, 0.3) is 5.56 Å². The first-order valence-corrected chi connectivity index (χ1v) is 9.37. The molecule has 6 heteroatoms. The zero-order valence-corrected chi connectivity index (χ0v) is 15.2. The van der Waals surface area contributed by atoms with Crippen molar-refractivity contribution in [3.05, 3.63) is 75.6 Å². The van der Waals surface area contributed by atoms with Gasteiger partial charge in [0, 0.05) is 24.7 Å². The van der Waals surface area contributed by atoms with E-state index in [2.05, 4.69) is 4.98 Å². The highest BCUT2D eigenvalue weighted by Crippen LogP contribution is 2.18. The number of sulfonamides is 1. The second-order valence-corrected chi connectivity index (χ2v) is 8.33. The second kappa shape index (κ2) is 6.46. The molecule has 3 rings (SSSR count). The van der Waals surface area contributed by atoms with Crippen molar-refractivity contribution in [3.8, 4) is 0 Å². The maximum absolute atomic E-state index is 12.7. The van der Waals surface area contributed by atoms with Crippen LogP contribution in [0, 0.1) is 13.8 Å². The number of aromatic nitrogens is 1. The van der Waals surface area contributed by atoms with Crippen LogP contribution < -0.4 is 5.56 Å². The molecule has 3 aromatic rings. The van der Waals surface area contributed by atoms with E-state index in [1.165, 1.54) is 11.4 Å². The number of aryl methyl sites for hydroxylation is 2. The van der Waals surface area contributed by atoms with Gasteiger partial charge in [0.1, 0.15) is 0 Å². The second-order valence-electron chi connectivity index (χ2n) is 6.29. The highest BCUT2D eigenvalue weighted by Gasteiger charge is 2.21. The Kier molecular flexibility index (Phi) is 4.49. The molecule has 0 aliphatic carbocycles. The van der Waals surface area contributed by atoms with Crippen LogP contribution >= 0.6 is 0 Å². The molecule has 0 aliphatic heterocycles. The Labute approximate surface area is 147 Å². The largest absolute Gasteiger partial charge is 0.322 e. The van der Waals surface area contributed by atoms with Crippen LogP contribution in [-0.4, -0.2) is 24.8 Å². The van der Waals surface area contributed by atoms with E-state index in [9.17, 15) is 13.2 Å². The third-order valence-corrected chi connectivity index (χ3v) is 6.02. The number of aromatic amines is 1. The minimum absolute atomic E-state index is 0.00929. The predicted molar refractivity (Wildman–Crippen MR) is 99.1 cm³/mol. The molecule has 0 fully saturated rings. The predicted octanol–water partition coefficient (Wildman–Crippen LogP) is 2.97. The highest BCUT2D eigenvalue weighted by atomic mass is 32.2. The lowest BCUT2D eigenvalue weighted by Gasteiger charge is -2.17. The van der Waals surface area contributed by atoms with E-state index >= 15 is 0 Å². The van der Waals surface area contributed by atoms with E-state index in [0.29, 0.717) is 5.56 Å². The average molecular weight is 356 g/mol. The van der Waals surface area contributed by atoms with Crippen LogP contribution in [0.5, 0.6) is 0 Å². The number of hydrogen-bond acceptors (Lipinski definition) is 3. The summed E-state index contributed by atoms with van der Waals surface area (Å²) in [5.41, 5.74) is 2.93. The summed E-state index contributed by atoms with van der Waals surface area (Å²) >= 11 is 0. The molecule has 0 atom stereocenters. The van der Waals surface area contributed by atoms with Gasteiger partial charge in [-0.1, -0.05) is 29.8 Å². The average Bonchev–Trinajstić information content (AvgIpc) is 2.56. The van der Waals surface area contributed by atoms with Crippen molar-refractivity contribution in [2.24, 2.45) is 0 Å². The van der Waals surface area contributed by atoms with Crippen molar-refractivity contribution in [2.75, 3.05) is 7.05 Å². The first-order chi connectivity index (χ1) is 11.8. The van der Waals surface area contributed by atoms with Crippen molar-refractivity contribution in [1.82, 2.24) is 9.29 Å². The van der Waals surface area contributed by atoms with Crippen LogP contribution in [0.1, 0.15) is 16.7 Å². The van der Waals surface area contributed by atoms with Gasteiger partial charge in [-0.2, -0.15) is 4.31 Å². The molecule has 0 aliphatic rings. The Balaban J connectivity index is 1.94. The molecule has 0 saturated carbocycles. The van der Waals surface area contributed by atoms with E-state index in [0.717, 1.165) is 22.0 Å². The van der Waals surface area contributed by atoms with Crippen LogP contribution in [0.2, 0.25) is 0 Å². The summed E-state index contributed by atoms with van der Waals surface area (Å²) in [5.74, 6) is 0. The zero-order chi connectivity index (χ0) is 18.2. The lowest BCUT2D eigenvalue weighted by Crippen LogP contribution is -2.29. The molecule has 5 nitrogen and oxygen atoms in total. The van der Waals surface area contributed by atoms with Crippen LogP contribution in [0.25, 0.3) is 10.9 Å². The molecular formula is C19H20N2O3S. The molecule has 0 saturated heterocycles. The molecule has 1 N–H and O–H groups in total. The van der Waals surface area contributed by atoms with Crippen LogP contribution in [0.4, 0.5) is 0 Å². The monoisotopic (exact) mass is 356 g/mol. The van der Waals surface area contributed by atoms with Crippen molar-refractivity contribution in [3.63, 3.8) is 0 Å². The highest BCUT2D eigenvalue weighted by molar-refractivity contribution is 7.89. The fourth-order valence-electron chi connectivity index (χ4n) is 2.69. The molecule has 0 amide bonds. The number of fused-ring (bicyclic) bond motifs is 1. The Morgan fingerprint density at radius 3 is 2.28 bits per heavy atom. The van der Waals surface area contributed by atoms with Crippen molar-refractivity contribution in [1.29, 1.82) is 0 Å². The molecule has 1 aromatic heterocycles. The standard InChI is InChI=1S/C19H20N2O3S/c1-13-5-8-17(9-6-13)25(23,24)21(3)12-16-11-15-7-4-14(2)10-18(15)20-19(16)22/h4-11H,12H2,1-3H3,(H,20,22). The Morgan fingerprint density at radius 1 is 0.960 bits per heavy atom. The summed E-state index contributed by atoms with van der Waals surface area (Å²) in [6.07, 6.45) is 0. The van der Waals surface area contributed by atoms with Gasteiger partial charge in [-0.3, -0.25) is 4.79 Å². The quantitative estimate of drug-likeness (QED) is 0.781. The molecule has 0 bridgehead atoms. The molecule has 0 unspecified atom stereocenters. The van der Waals surface area contributed by atoms with Gasteiger partial charge in [-0.05, 0) is 49.1 Å². The number of H-pyrrole nitrogens is 1. The maximum atomic E-state index is 12.7. The van der Waals surface area contributed by atoms with E-state index in [-0.39, 0.29) is 17.0 Å². The first kappa shape index (κ1) is 17.4. The smallest absolute Gasteiger partial charge is 0.252 e. The number of nitrogens with one attached hydrogen (secondary N) is 1. The van der Waals surface area contributed by atoms with Crippen LogP contribution in [0.3, 0.4) is 0 Å². The van der Waals surface area contributed by atoms with Gasteiger partial charge in [0.2, 0.25) is 10.0 Å². The van der Waals surface area contributed by atoms with E-state index < -0.39 is 10.0 Å². The van der Waals surface area contributed by atoms with E-state index in [1.807, 2.05) is 32.0 Å². The molecule has 25 heavy (non-hydrogen) atoms. The summed E-state index contributed by atoms with van der Waals surface area (Å²) in [4.78, 5) is 15.4. The van der Waals surface area contributed by atoms with E-state index in [4.69, 9.17) is 0 Å². The number of rotatable bonds is 4. The van der Waals surface area contributed by atoms with Crippen molar-refractivity contribution >= 4 is 20.9 Å². The fraction of sp³-hybridized carbons (Fsp3) is 0.211. The van der Waals surface area contributed by atoms with Gasteiger partial charge in [-0.25, -0.2) is 8.42 Å². The molecular weight excluding hydrogens is 336 g/mol. The summed E-state index contributed by atoms with van der Waals surface area (Å²) < 4.78 is 26.6. The fourth-order valence-corrected chi connectivity index (χ4v) is 3.84. The molecule has 0 spiro atoms. The molecule has 0 radical (unpaired) electrons. The lowest BCUT2D eigenvalue weighted by molar-refractivity contribution is 0.465. The van der Waals surface area contributed by atoms with Gasteiger partial charge < -0.3 is 4.98 Å². The zero-order valence-electron chi connectivity index (χ0n) is 14.4. The third kappa shape index (κ3) is 3.50. The molecule has 130 valence electrons. The number of nitrogens with zero attached hydrogens (tertiary/aromatic N) is 1. The molecule has 2 aromatic carbocycles. The van der Waals surface area contributed by atoms with Crippen molar-refractivity contribution in [2.45, 2.75) is 25.3 Å². The van der Waals surface area contributed by atoms with Gasteiger partial charge >= 0.3 is 0 Å². The minimum Gasteiger partial charge on any atom is -0.322 e. The Morgan fingerprint density at radius 2 is 1.60 bits per heavy atom. The van der Waals surface area contributed by atoms with Crippen LogP contribution in [-0.2, 0) is 16.6 Å². The summed E-state index contributed by atoms with van der Waals surface area (Å²) in [6.45, 7) is 3.86. The summed E-state index contributed by atoms with van der Waals surface area (Å²) in [7, 11) is -2.17. The molecule has 1 heterocycles. The van der Waals surface area contributed by atoms with Gasteiger partial charge in [0.05, 0.1) is 4.90 Å². The summed E-state index contributed by atoms with van der Waals surface area (Å²) in [5, 5.41) is 0.876. The Bertz CT molecular complexity index is 1080. The number of benzene rings is 2. The Hall–Kier alpha value is -2.44. The number of hydrogen-bond donors (Lipinski definition) is 1. The third-order valence-electron chi connectivity index (χ3n) is 4.20. The SMILES string of the molecule is Cc1ccc(S(=O)(=O)N(C)Cc2cc3ccc(C)cc3[nH]c2=O)cc1. The normalized spacial score (nSPS) is 12.0. The first-order valence-electron chi connectivity index (χ1n) is 7.93. The van der Waals surface area contributed by atoms with E-state index in [1.54, 1.807) is 30.3 Å². The topological polar surface area (TPSA) is 70.2 Å². The summed E-state index contributed by atoms with van der Waals surface area (Å²) in [6, 6.07) is 14.2.